The molecule has 24 heavy (non-hydrogen) atoms. The van der Waals surface area contributed by atoms with Crippen LogP contribution in [-0.2, 0) is 22.1 Å². The van der Waals surface area contributed by atoms with Gasteiger partial charge in [-0.1, -0.05) is 12.1 Å². The van der Waals surface area contributed by atoms with Crippen LogP contribution in [0.25, 0.3) is 0 Å². The summed E-state index contributed by atoms with van der Waals surface area (Å²) in [6.45, 7) is 1.39. The summed E-state index contributed by atoms with van der Waals surface area (Å²) in [7, 11) is -1.04. The van der Waals surface area contributed by atoms with Gasteiger partial charge in [-0.15, -0.1) is 0 Å². The largest absolute Gasteiger partial charge is 0.376 e. The van der Waals surface area contributed by atoms with Gasteiger partial charge in [0.05, 0.1) is 6.61 Å². The number of carbonyl (C=O) groups excluding carboxylic acids is 1. The van der Waals surface area contributed by atoms with E-state index in [9.17, 15) is 9.00 Å². The highest BCUT2D eigenvalue weighted by Crippen LogP contribution is 2.29. The van der Waals surface area contributed by atoms with Gasteiger partial charge < -0.3 is 10.1 Å². The average Bonchev–Trinajstić information content (AvgIpc) is 3.39. The predicted octanol–water partition coefficient (Wildman–Crippen LogP) is 3.60. The second-order valence-corrected chi connectivity index (χ2v) is 7.47. The van der Waals surface area contributed by atoms with E-state index in [1.807, 2.05) is 24.3 Å². The standard InChI is InChI=1S/C19H21NO3S/c1-24(22)18-9-7-16(8-10-18)19(21)20-17-4-2-3-15(11-17)13-23-12-14-5-6-14/h2-4,7-11,14H,5-6,12-13H2,1H3,(H,20,21). The van der Waals surface area contributed by atoms with Gasteiger partial charge in [-0.25, -0.2) is 0 Å². The molecule has 2 aromatic carbocycles. The number of anilines is 1. The van der Waals surface area contributed by atoms with Crippen molar-refractivity contribution in [3.05, 3.63) is 59.7 Å². The van der Waals surface area contributed by atoms with Crippen molar-refractivity contribution in [1.29, 1.82) is 0 Å². The lowest BCUT2D eigenvalue weighted by Gasteiger charge is -2.08. The Kier molecular flexibility index (Phi) is 5.43. The van der Waals surface area contributed by atoms with E-state index in [0.29, 0.717) is 17.1 Å². The van der Waals surface area contributed by atoms with Gasteiger partial charge in [-0.2, -0.15) is 0 Å². The summed E-state index contributed by atoms with van der Waals surface area (Å²) >= 11 is 0. The van der Waals surface area contributed by atoms with Crippen LogP contribution >= 0.6 is 0 Å². The molecule has 0 aromatic heterocycles. The van der Waals surface area contributed by atoms with Gasteiger partial charge in [0, 0.05) is 39.8 Å². The monoisotopic (exact) mass is 343 g/mol. The first-order valence-electron chi connectivity index (χ1n) is 8.03. The number of benzene rings is 2. The quantitative estimate of drug-likeness (QED) is 0.836. The third-order valence-corrected chi connectivity index (χ3v) is 4.89. The Morgan fingerprint density at radius 3 is 2.62 bits per heavy atom. The van der Waals surface area contributed by atoms with Gasteiger partial charge in [0.2, 0.25) is 0 Å². The first-order chi connectivity index (χ1) is 11.6. The molecule has 1 unspecified atom stereocenters. The number of nitrogens with one attached hydrogen (secondary N) is 1. The smallest absolute Gasteiger partial charge is 0.255 e. The summed E-state index contributed by atoms with van der Waals surface area (Å²) < 4.78 is 17.1. The topological polar surface area (TPSA) is 55.4 Å². The summed E-state index contributed by atoms with van der Waals surface area (Å²) in [5, 5.41) is 2.89. The van der Waals surface area contributed by atoms with Gasteiger partial charge in [0.15, 0.2) is 0 Å². The molecule has 5 heteroatoms. The van der Waals surface area contributed by atoms with Crippen LogP contribution in [0.1, 0.15) is 28.8 Å². The molecule has 1 N–H and O–H groups in total. The number of amides is 1. The van der Waals surface area contributed by atoms with Crippen LogP contribution in [0.5, 0.6) is 0 Å². The lowest BCUT2D eigenvalue weighted by atomic mass is 10.2. The maximum Gasteiger partial charge on any atom is 0.255 e. The summed E-state index contributed by atoms with van der Waals surface area (Å²) in [4.78, 5) is 13.0. The van der Waals surface area contributed by atoms with Crippen molar-refractivity contribution in [3.8, 4) is 0 Å². The fourth-order valence-corrected chi connectivity index (χ4v) is 2.89. The van der Waals surface area contributed by atoms with E-state index in [-0.39, 0.29) is 5.91 Å². The van der Waals surface area contributed by atoms with Gasteiger partial charge in [-0.3, -0.25) is 9.00 Å². The third kappa shape index (κ3) is 4.76. The molecule has 0 bridgehead atoms. The molecule has 1 atom stereocenters. The van der Waals surface area contributed by atoms with Gasteiger partial charge in [0.25, 0.3) is 5.91 Å². The van der Waals surface area contributed by atoms with Crippen molar-refractivity contribution in [2.24, 2.45) is 5.92 Å². The first kappa shape index (κ1) is 16.9. The average molecular weight is 343 g/mol. The van der Waals surface area contributed by atoms with Gasteiger partial charge in [0.1, 0.15) is 0 Å². The highest BCUT2D eigenvalue weighted by Gasteiger charge is 2.21. The van der Waals surface area contributed by atoms with E-state index in [0.717, 1.165) is 23.8 Å². The summed E-state index contributed by atoms with van der Waals surface area (Å²) in [6, 6.07) is 14.5. The second kappa shape index (κ2) is 7.73. The van der Waals surface area contributed by atoms with Crippen molar-refractivity contribution < 1.29 is 13.7 Å². The summed E-state index contributed by atoms with van der Waals surface area (Å²) in [5.74, 6) is 0.563. The van der Waals surface area contributed by atoms with Crippen LogP contribution in [0, 0.1) is 5.92 Å². The predicted molar refractivity (Wildman–Crippen MR) is 95.5 cm³/mol. The Bertz CT molecular complexity index is 739. The molecule has 1 aliphatic carbocycles. The molecular weight excluding hydrogens is 322 g/mol. The van der Waals surface area contributed by atoms with Gasteiger partial charge in [-0.05, 0) is 60.7 Å². The molecule has 126 valence electrons. The highest BCUT2D eigenvalue weighted by molar-refractivity contribution is 7.84. The zero-order valence-electron chi connectivity index (χ0n) is 13.7. The molecule has 0 saturated heterocycles. The van der Waals surface area contributed by atoms with Crippen LogP contribution in [0.4, 0.5) is 5.69 Å². The van der Waals surface area contributed by atoms with E-state index in [4.69, 9.17) is 4.74 Å². The Morgan fingerprint density at radius 1 is 1.21 bits per heavy atom. The van der Waals surface area contributed by atoms with E-state index < -0.39 is 10.8 Å². The maximum absolute atomic E-state index is 12.3. The summed E-state index contributed by atoms with van der Waals surface area (Å²) in [5.41, 5.74) is 2.33. The molecule has 0 heterocycles. The maximum atomic E-state index is 12.3. The molecule has 2 aromatic rings. The Morgan fingerprint density at radius 2 is 1.96 bits per heavy atom. The molecular formula is C19H21NO3S. The number of rotatable bonds is 7. The summed E-state index contributed by atoms with van der Waals surface area (Å²) in [6.07, 6.45) is 4.17. The second-order valence-electron chi connectivity index (χ2n) is 6.09. The molecule has 1 amide bonds. The van der Waals surface area contributed by atoms with Crippen molar-refractivity contribution in [2.45, 2.75) is 24.3 Å². The minimum atomic E-state index is -1.04. The van der Waals surface area contributed by atoms with Crippen molar-refractivity contribution in [3.63, 3.8) is 0 Å². The molecule has 0 radical (unpaired) electrons. The molecule has 0 spiro atoms. The highest BCUT2D eigenvalue weighted by atomic mass is 32.2. The van der Waals surface area contributed by atoms with E-state index in [2.05, 4.69) is 5.32 Å². The van der Waals surface area contributed by atoms with Crippen molar-refractivity contribution in [1.82, 2.24) is 0 Å². The molecule has 0 aliphatic heterocycles. The molecule has 1 saturated carbocycles. The Balaban J connectivity index is 1.59. The normalized spacial score (nSPS) is 15.0. The third-order valence-electron chi connectivity index (χ3n) is 3.95. The number of ether oxygens (including phenoxy) is 1. The van der Waals surface area contributed by atoms with E-state index >= 15 is 0 Å². The SMILES string of the molecule is CS(=O)c1ccc(C(=O)Nc2cccc(COCC3CC3)c2)cc1. The fraction of sp³-hybridized carbons (Fsp3) is 0.316. The van der Waals surface area contributed by atoms with E-state index in [1.54, 1.807) is 30.5 Å². The van der Waals surface area contributed by atoms with Gasteiger partial charge >= 0.3 is 0 Å². The Labute approximate surface area is 144 Å². The van der Waals surface area contributed by atoms with Crippen LogP contribution in [-0.4, -0.2) is 23.0 Å². The van der Waals surface area contributed by atoms with Crippen molar-refractivity contribution >= 4 is 22.4 Å². The zero-order chi connectivity index (χ0) is 16.9. The zero-order valence-corrected chi connectivity index (χ0v) is 14.5. The van der Waals surface area contributed by atoms with Crippen LogP contribution in [0.3, 0.4) is 0 Å². The minimum Gasteiger partial charge on any atom is -0.376 e. The lowest BCUT2D eigenvalue weighted by Crippen LogP contribution is -2.12. The molecule has 1 fully saturated rings. The van der Waals surface area contributed by atoms with Crippen LogP contribution in [0.2, 0.25) is 0 Å². The van der Waals surface area contributed by atoms with Crippen LogP contribution in [0.15, 0.2) is 53.4 Å². The van der Waals surface area contributed by atoms with Crippen LogP contribution < -0.4 is 5.32 Å². The fourth-order valence-electron chi connectivity index (χ4n) is 2.37. The molecule has 4 nitrogen and oxygen atoms in total. The number of hydrogen-bond acceptors (Lipinski definition) is 3. The number of hydrogen-bond donors (Lipinski definition) is 1. The molecule has 3 rings (SSSR count). The minimum absolute atomic E-state index is 0.181. The Hall–Kier alpha value is -1.98. The van der Waals surface area contributed by atoms with Crippen molar-refractivity contribution in [2.75, 3.05) is 18.2 Å². The lowest BCUT2D eigenvalue weighted by molar-refractivity contribution is 0.102. The molecule has 1 aliphatic rings. The first-order valence-corrected chi connectivity index (χ1v) is 9.59. The number of carbonyl (C=O) groups is 1. The van der Waals surface area contributed by atoms with E-state index in [1.165, 1.54) is 12.8 Å².